The number of carbonyl (C=O) groups is 2. The third-order valence-corrected chi connectivity index (χ3v) is 4.10. The van der Waals surface area contributed by atoms with E-state index in [1.807, 2.05) is 6.92 Å². The van der Waals surface area contributed by atoms with Gasteiger partial charge >= 0.3 is 0 Å². The van der Waals surface area contributed by atoms with Crippen LogP contribution in [-0.2, 0) is 4.79 Å². The highest BCUT2D eigenvalue weighted by atomic mass is 35.5. The molecule has 0 saturated heterocycles. The van der Waals surface area contributed by atoms with Crippen LogP contribution in [0.3, 0.4) is 0 Å². The second-order valence-electron chi connectivity index (χ2n) is 5.75. The smallest absolute Gasteiger partial charge is 0.265 e. The Balaban J connectivity index is 2.06. The molecule has 0 saturated carbocycles. The molecule has 0 radical (unpaired) electrons. The summed E-state index contributed by atoms with van der Waals surface area (Å²) in [6, 6.07) is 11.9. The summed E-state index contributed by atoms with van der Waals surface area (Å²) in [5.74, 6) is -0.117. The molecule has 2 aromatic carbocycles. The zero-order valence-electron chi connectivity index (χ0n) is 14.7. The number of rotatable bonds is 7. The van der Waals surface area contributed by atoms with Gasteiger partial charge in [0.05, 0.1) is 11.3 Å². The highest BCUT2D eigenvalue weighted by Crippen LogP contribution is 2.22. The summed E-state index contributed by atoms with van der Waals surface area (Å²) in [5.41, 5.74) is 7.03. The van der Waals surface area contributed by atoms with Gasteiger partial charge in [0.2, 0.25) is 0 Å². The zero-order valence-corrected chi connectivity index (χ0v) is 15.5. The van der Waals surface area contributed by atoms with Gasteiger partial charge in [-0.15, -0.1) is 0 Å². The summed E-state index contributed by atoms with van der Waals surface area (Å²) in [4.78, 5) is 24.6. The molecule has 2 aromatic rings. The molecule has 2 amide bonds. The van der Waals surface area contributed by atoms with E-state index in [1.54, 1.807) is 49.4 Å². The van der Waals surface area contributed by atoms with Crippen molar-refractivity contribution in [3.05, 3.63) is 58.6 Å². The average molecular weight is 376 g/mol. The summed E-state index contributed by atoms with van der Waals surface area (Å²) < 4.78 is 5.66. The molecule has 6 nitrogen and oxygen atoms in total. The van der Waals surface area contributed by atoms with Crippen molar-refractivity contribution in [3.63, 3.8) is 0 Å². The quantitative estimate of drug-likeness (QED) is 0.693. The van der Waals surface area contributed by atoms with Crippen molar-refractivity contribution in [3.8, 4) is 5.75 Å². The molecule has 2 rings (SSSR count). The summed E-state index contributed by atoms with van der Waals surface area (Å²) in [6.07, 6.45) is -0.754. The van der Waals surface area contributed by atoms with Crippen molar-refractivity contribution >= 4 is 29.1 Å². The average Bonchev–Trinajstić information content (AvgIpc) is 2.63. The molecular weight excluding hydrogens is 354 g/mol. The molecule has 0 aliphatic carbocycles. The maximum Gasteiger partial charge on any atom is 0.265 e. The van der Waals surface area contributed by atoms with Gasteiger partial charge in [0, 0.05) is 18.1 Å². The van der Waals surface area contributed by atoms with Crippen LogP contribution in [-0.4, -0.2) is 31.0 Å². The minimum absolute atomic E-state index is 0.298. The number of benzene rings is 2. The van der Waals surface area contributed by atoms with Crippen LogP contribution in [0.4, 0.5) is 5.69 Å². The van der Waals surface area contributed by atoms with Gasteiger partial charge in [0.15, 0.2) is 6.10 Å². The third-order valence-electron chi connectivity index (χ3n) is 3.67. The van der Waals surface area contributed by atoms with E-state index in [-0.39, 0.29) is 11.8 Å². The molecule has 7 heteroatoms. The van der Waals surface area contributed by atoms with Gasteiger partial charge < -0.3 is 21.1 Å². The number of carbonyl (C=O) groups excluding carboxylic acids is 2. The largest absolute Gasteiger partial charge is 0.481 e. The van der Waals surface area contributed by atoms with Crippen LogP contribution >= 0.6 is 11.6 Å². The van der Waals surface area contributed by atoms with E-state index in [0.29, 0.717) is 35.1 Å². The molecule has 0 aliphatic rings. The van der Waals surface area contributed by atoms with Crippen molar-refractivity contribution in [1.82, 2.24) is 5.32 Å². The molecule has 0 spiro atoms. The van der Waals surface area contributed by atoms with Gasteiger partial charge in [-0.25, -0.2) is 0 Å². The van der Waals surface area contributed by atoms with Gasteiger partial charge in [-0.3, -0.25) is 9.59 Å². The van der Waals surface area contributed by atoms with Gasteiger partial charge in [-0.05, 0) is 49.7 Å². The van der Waals surface area contributed by atoms with E-state index in [0.717, 1.165) is 5.56 Å². The van der Waals surface area contributed by atoms with E-state index >= 15 is 0 Å². The Morgan fingerprint density at radius 2 is 1.96 bits per heavy atom. The minimum atomic E-state index is -0.754. The molecule has 0 aliphatic heterocycles. The van der Waals surface area contributed by atoms with Crippen LogP contribution in [0.5, 0.6) is 5.75 Å². The number of halogens is 1. The Bertz CT molecular complexity index is 795. The summed E-state index contributed by atoms with van der Waals surface area (Å²) in [7, 11) is 0. The highest BCUT2D eigenvalue weighted by Gasteiger charge is 2.18. The lowest BCUT2D eigenvalue weighted by molar-refractivity contribution is -0.122. The van der Waals surface area contributed by atoms with Gasteiger partial charge in [0.1, 0.15) is 5.75 Å². The van der Waals surface area contributed by atoms with Crippen LogP contribution in [0.2, 0.25) is 5.02 Å². The van der Waals surface area contributed by atoms with Crippen LogP contribution in [0.15, 0.2) is 42.5 Å². The highest BCUT2D eigenvalue weighted by molar-refractivity contribution is 6.31. The second-order valence-corrected chi connectivity index (χ2v) is 6.16. The fraction of sp³-hybridized carbons (Fsp3) is 0.263. The van der Waals surface area contributed by atoms with Crippen LogP contribution in [0.1, 0.15) is 22.8 Å². The van der Waals surface area contributed by atoms with Gasteiger partial charge in [-0.2, -0.15) is 0 Å². The standard InChI is InChI=1S/C19H22ClN3O3/c1-12-11-14(7-8-16(12)20)26-13(2)18(24)23-17-6-4-3-5-15(17)19(25)22-10-9-21/h3-8,11,13H,9-10,21H2,1-2H3,(H,22,25)(H,23,24). The maximum atomic E-state index is 12.4. The molecule has 1 atom stereocenters. The third kappa shape index (κ3) is 5.21. The van der Waals surface area contributed by atoms with Crippen molar-refractivity contribution in [2.24, 2.45) is 5.73 Å². The van der Waals surface area contributed by atoms with Crippen molar-refractivity contribution in [2.75, 3.05) is 18.4 Å². The zero-order chi connectivity index (χ0) is 19.1. The molecular formula is C19H22ClN3O3. The van der Waals surface area contributed by atoms with Crippen LogP contribution < -0.4 is 21.1 Å². The SMILES string of the molecule is Cc1cc(OC(C)C(=O)Nc2ccccc2C(=O)NCCN)ccc1Cl. The molecule has 0 bridgehead atoms. The first kappa shape index (κ1) is 19.8. The van der Waals surface area contributed by atoms with Crippen molar-refractivity contribution in [1.29, 1.82) is 0 Å². The summed E-state index contributed by atoms with van der Waals surface area (Å²) >= 11 is 5.99. The Labute approximate surface area is 157 Å². The number of hydrogen-bond acceptors (Lipinski definition) is 4. The summed E-state index contributed by atoms with van der Waals surface area (Å²) in [5, 5.41) is 6.05. The monoisotopic (exact) mass is 375 g/mol. The number of ether oxygens (including phenoxy) is 1. The number of anilines is 1. The number of para-hydroxylation sites is 1. The first-order chi connectivity index (χ1) is 12.4. The number of aryl methyl sites for hydroxylation is 1. The second kappa shape index (κ2) is 9.22. The molecule has 0 heterocycles. The normalized spacial score (nSPS) is 11.5. The van der Waals surface area contributed by atoms with E-state index in [2.05, 4.69) is 10.6 Å². The number of nitrogens with one attached hydrogen (secondary N) is 2. The molecule has 26 heavy (non-hydrogen) atoms. The van der Waals surface area contributed by atoms with E-state index in [4.69, 9.17) is 22.1 Å². The fourth-order valence-electron chi connectivity index (χ4n) is 2.25. The Kier molecular flexibility index (Phi) is 7.00. The molecule has 0 aromatic heterocycles. The summed E-state index contributed by atoms with van der Waals surface area (Å²) in [6.45, 7) is 4.19. The van der Waals surface area contributed by atoms with Crippen molar-refractivity contribution < 1.29 is 14.3 Å². The van der Waals surface area contributed by atoms with Crippen molar-refractivity contribution in [2.45, 2.75) is 20.0 Å². The van der Waals surface area contributed by atoms with Crippen LogP contribution in [0, 0.1) is 6.92 Å². The lowest BCUT2D eigenvalue weighted by atomic mass is 10.1. The van der Waals surface area contributed by atoms with Gasteiger partial charge in [0.25, 0.3) is 11.8 Å². The molecule has 138 valence electrons. The number of hydrogen-bond donors (Lipinski definition) is 3. The lowest BCUT2D eigenvalue weighted by Crippen LogP contribution is -2.32. The first-order valence-corrected chi connectivity index (χ1v) is 8.61. The maximum absolute atomic E-state index is 12.4. The van der Waals surface area contributed by atoms with Gasteiger partial charge in [-0.1, -0.05) is 23.7 Å². The predicted octanol–water partition coefficient (Wildman–Crippen LogP) is 2.74. The fourth-order valence-corrected chi connectivity index (χ4v) is 2.37. The Hall–Kier alpha value is -2.57. The van der Waals surface area contributed by atoms with E-state index in [9.17, 15) is 9.59 Å². The van der Waals surface area contributed by atoms with E-state index in [1.165, 1.54) is 0 Å². The predicted molar refractivity (Wildman–Crippen MR) is 103 cm³/mol. The topological polar surface area (TPSA) is 93.4 Å². The number of nitrogens with two attached hydrogens (primary N) is 1. The molecule has 1 unspecified atom stereocenters. The minimum Gasteiger partial charge on any atom is -0.481 e. The lowest BCUT2D eigenvalue weighted by Gasteiger charge is -2.17. The van der Waals surface area contributed by atoms with E-state index < -0.39 is 6.10 Å². The Morgan fingerprint density at radius 1 is 1.23 bits per heavy atom. The molecule has 0 fully saturated rings. The first-order valence-electron chi connectivity index (χ1n) is 8.23. The number of amides is 2. The van der Waals surface area contributed by atoms with Crippen LogP contribution in [0.25, 0.3) is 0 Å². The molecule has 4 N–H and O–H groups in total. The Morgan fingerprint density at radius 3 is 2.65 bits per heavy atom.